The minimum Gasteiger partial charge on any atom is -0.616 e. The molecule has 0 radical (unpaired) electrons. The van der Waals surface area contributed by atoms with Crippen LogP contribution < -0.4 is 0 Å². The van der Waals surface area contributed by atoms with Crippen molar-refractivity contribution in [1.82, 2.24) is 9.80 Å². The molecule has 0 aromatic heterocycles. The Kier molecular flexibility index (Phi) is 7.40. The average molecular weight is 519 g/mol. The maximum atomic E-state index is 13.3. The zero-order valence-electron chi connectivity index (χ0n) is 18.6. The normalized spacial score (nSPS) is 22.9. The summed E-state index contributed by atoms with van der Waals surface area (Å²) in [5.41, 5.74) is -2.72. The molecule has 2 aromatic rings. The Bertz CT molecular complexity index is 1010. The van der Waals surface area contributed by atoms with Crippen LogP contribution in [0.2, 0.25) is 0 Å². The predicted octanol–water partition coefficient (Wildman–Crippen LogP) is 4.79. The molecule has 0 N–H and O–H groups in total. The molecule has 0 bridgehead atoms. The molecule has 1 amide bonds. The van der Waals surface area contributed by atoms with E-state index in [0.29, 0.717) is 43.1 Å². The van der Waals surface area contributed by atoms with Gasteiger partial charge in [0.1, 0.15) is 11.5 Å². The van der Waals surface area contributed by atoms with E-state index in [1.807, 2.05) is 30.3 Å². The number of halogens is 6. The lowest BCUT2D eigenvalue weighted by atomic mass is 9.84. The van der Waals surface area contributed by atoms with Crippen molar-refractivity contribution in [2.75, 3.05) is 37.7 Å². The molecule has 4 nitrogen and oxygen atoms in total. The quantitative estimate of drug-likeness (QED) is 0.434. The van der Waals surface area contributed by atoms with Crippen molar-refractivity contribution in [3.8, 4) is 0 Å². The van der Waals surface area contributed by atoms with Crippen LogP contribution in [-0.2, 0) is 23.5 Å². The summed E-state index contributed by atoms with van der Waals surface area (Å²) < 4.78 is 91.6. The first-order chi connectivity index (χ1) is 16.4. The minimum atomic E-state index is -5.02. The highest BCUT2D eigenvalue weighted by Crippen LogP contribution is 2.38. The lowest BCUT2D eigenvalue weighted by Crippen LogP contribution is -2.54. The first kappa shape index (κ1) is 25.8. The Morgan fingerprint density at radius 1 is 0.886 bits per heavy atom. The monoisotopic (exact) mass is 518 g/mol. The summed E-state index contributed by atoms with van der Waals surface area (Å²) in [5.74, 6) is 0.0463. The van der Waals surface area contributed by atoms with Crippen molar-refractivity contribution in [3.63, 3.8) is 0 Å². The van der Waals surface area contributed by atoms with E-state index in [9.17, 15) is 35.7 Å². The number of benzene rings is 2. The number of carbonyl (C=O) groups excluding carboxylic acids is 1. The van der Waals surface area contributed by atoms with Crippen LogP contribution in [0, 0.1) is 0 Å². The van der Waals surface area contributed by atoms with Crippen LogP contribution in [-0.4, -0.2) is 64.0 Å². The fourth-order valence-electron chi connectivity index (χ4n) is 4.83. The molecule has 2 aliphatic rings. The summed E-state index contributed by atoms with van der Waals surface area (Å²) >= 11 is -0.870. The summed E-state index contributed by atoms with van der Waals surface area (Å²) in [6, 6.07) is 10.4. The third-order valence-corrected chi connectivity index (χ3v) is 7.88. The first-order valence-corrected chi connectivity index (χ1v) is 12.6. The number of nitrogens with zero attached hydrogens (tertiary/aromatic N) is 2. The molecule has 2 aliphatic heterocycles. The van der Waals surface area contributed by atoms with Crippen molar-refractivity contribution >= 4 is 17.1 Å². The van der Waals surface area contributed by atoms with Crippen molar-refractivity contribution in [2.24, 2.45) is 0 Å². The van der Waals surface area contributed by atoms with Gasteiger partial charge in [0.25, 0.3) is 5.91 Å². The molecule has 0 spiro atoms. The van der Waals surface area contributed by atoms with Gasteiger partial charge in [-0.2, -0.15) is 26.3 Å². The second kappa shape index (κ2) is 10.0. The smallest absolute Gasteiger partial charge is 0.416 e. The highest BCUT2D eigenvalue weighted by molar-refractivity contribution is 7.91. The Balaban J connectivity index is 1.63. The van der Waals surface area contributed by atoms with Gasteiger partial charge in [-0.1, -0.05) is 41.5 Å². The molecule has 0 unspecified atom stereocenters. The van der Waals surface area contributed by atoms with E-state index < -0.39 is 46.1 Å². The van der Waals surface area contributed by atoms with E-state index >= 15 is 0 Å². The highest BCUT2D eigenvalue weighted by Gasteiger charge is 2.40. The highest BCUT2D eigenvalue weighted by atomic mass is 32.2. The summed E-state index contributed by atoms with van der Waals surface area (Å²) in [6.45, 7) is 1.63. The van der Waals surface area contributed by atoms with E-state index in [1.54, 1.807) is 0 Å². The molecule has 2 saturated heterocycles. The predicted molar refractivity (Wildman–Crippen MR) is 119 cm³/mol. The molecular weight excluding hydrogens is 494 g/mol. The van der Waals surface area contributed by atoms with Gasteiger partial charge in [-0.25, -0.2) is 0 Å². The fraction of sp³-hybridized carbons (Fsp3) is 0.458. The van der Waals surface area contributed by atoms with Crippen LogP contribution in [0.5, 0.6) is 0 Å². The third-order valence-electron chi connectivity index (χ3n) is 6.61. The zero-order chi connectivity index (χ0) is 25.4. The molecule has 11 heteroatoms. The summed E-state index contributed by atoms with van der Waals surface area (Å²) in [7, 11) is 0. The summed E-state index contributed by atoms with van der Waals surface area (Å²) in [6.07, 6.45) is -9.54. The van der Waals surface area contributed by atoms with Gasteiger partial charge < -0.3 is 9.45 Å². The Morgan fingerprint density at radius 3 is 2.00 bits per heavy atom. The molecule has 2 fully saturated rings. The van der Waals surface area contributed by atoms with Crippen LogP contribution in [0.3, 0.4) is 0 Å². The molecular formula is C24H24F6N2O2S. The van der Waals surface area contributed by atoms with Gasteiger partial charge in [0.05, 0.1) is 11.1 Å². The van der Waals surface area contributed by atoms with Crippen LogP contribution in [0.25, 0.3) is 0 Å². The van der Waals surface area contributed by atoms with Gasteiger partial charge in [-0.3, -0.25) is 9.69 Å². The van der Waals surface area contributed by atoms with E-state index in [4.69, 9.17) is 0 Å². The van der Waals surface area contributed by atoms with Crippen LogP contribution >= 0.6 is 0 Å². The Hall–Kier alpha value is -2.24. The topological polar surface area (TPSA) is 46.6 Å². The molecule has 35 heavy (non-hydrogen) atoms. The van der Waals surface area contributed by atoms with Gasteiger partial charge in [-0.05, 0) is 30.2 Å². The maximum Gasteiger partial charge on any atom is 0.416 e. The Morgan fingerprint density at radius 2 is 1.46 bits per heavy atom. The van der Waals surface area contributed by atoms with Crippen LogP contribution in [0.1, 0.15) is 39.4 Å². The van der Waals surface area contributed by atoms with Gasteiger partial charge in [0.15, 0.2) is 0 Å². The van der Waals surface area contributed by atoms with Gasteiger partial charge in [0.2, 0.25) is 0 Å². The molecule has 0 saturated carbocycles. The van der Waals surface area contributed by atoms with Crippen LogP contribution in [0.15, 0.2) is 48.5 Å². The largest absolute Gasteiger partial charge is 0.616 e. The second-order valence-electron chi connectivity index (χ2n) is 8.80. The summed E-state index contributed by atoms with van der Waals surface area (Å²) in [4.78, 5) is 16.8. The van der Waals surface area contributed by atoms with E-state index in [2.05, 4.69) is 4.90 Å². The number of rotatable bonds is 3. The molecule has 190 valence electrons. The second-order valence-corrected chi connectivity index (χ2v) is 10.5. The number of carbonyl (C=O) groups is 1. The van der Waals surface area contributed by atoms with Gasteiger partial charge >= 0.3 is 12.4 Å². The zero-order valence-corrected chi connectivity index (χ0v) is 19.4. The van der Waals surface area contributed by atoms with Crippen LogP contribution in [0.4, 0.5) is 26.3 Å². The number of hydrogen-bond acceptors (Lipinski definition) is 3. The number of likely N-dealkylation sites (tertiary alicyclic amines) is 1. The maximum absolute atomic E-state index is 13.3. The van der Waals surface area contributed by atoms with Crippen molar-refractivity contribution in [1.29, 1.82) is 0 Å². The first-order valence-electron chi connectivity index (χ1n) is 11.2. The average Bonchev–Trinajstić information content (AvgIpc) is 2.83. The lowest BCUT2D eigenvalue weighted by molar-refractivity contribution is -0.143. The Labute approximate surface area is 202 Å². The number of alkyl halides is 6. The van der Waals surface area contributed by atoms with E-state index in [1.165, 1.54) is 4.90 Å². The SMILES string of the molecule is O=C(c1cc(C(F)(F)F)cc(C(F)(F)F)c1)N1CC[C@@H](N2CC[S+]([O-])CC2)[C@@H](c2ccccc2)C1. The molecule has 2 heterocycles. The van der Waals surface area contributed by atoms with Gasteiger partial charge in [-0.15, -0.1) is 0 Å². The number of amides is 1. The number of hydrogen-bond donors (Lipinski definition) is 0. The third kappa shape index (κ3) is 5.95. The minimum absolute atomic E-state index is 0.0194. The molecule has 4 rings (SSSR count). The molecule has 2 atom stereocenters. The number of piperidine rings is 1. The van der Waals surface area contributed by atoms with Crippen molar-refractivity contribution < 1.29 is 35.7 Å². The van der Waals surface area contributed by atoms with Crippen molar-refractivity contribution in [3.05, 3.63) is 70.8 Å². The van der Waals surface area contributed by atoms with Gasteiger partial charge in [0, 0.05) is 43.7 Å². The lowest BCUT2D eigenvalue weighted by Gasteiger charge is -2.45. The molecule has 2 aromatic carbocycles. The van der Waals surface area contributed by atoms with E-state index in [-0.39, 0.29) is 31.1 Å². The summed E-state index contributed by atoms with van der Waals surface area (Å²) in [5, 5.41) is 0. The van der Waals surface area contributed by atoms with E-state index in [0.717, 1.165) is 5.56 Å². The fourth-order valence-corrected chi connectivity index (χ4v) is 5.91. The van der Waals surface area contributed by atoms with Crippen molar-refractivity contribution in [2.45, 2.75) is 30.7 Å². The standard InChI is InChI=1S/C24H24F6N2O2S/c25-23(26,27)18-12-17(13-19(14-18)24(28,29)30)22(33)32-7-6-21(31-8-10-35(34)11-9-31)20(15-32)16-4-2-1-3-5-16/h1-5,12-14,20-21H,6-11,15H2/t20-,21-/m1/s1. The molecule has 0 aliphatic carbocycles.